The molecule has 0 amide bonds. The highest BCUT2D eigenvalue weighted by atomic mass is 16.1. The molecule has 0 unspecified atom stereocenters. The van der Waals surface area contributed by atoms with Crippen molar-refractivity contribution in [3.63, 3.8) is 0 Å². The van der Waals surface area contributed by atoms with Crippen LogP contribution in [0.2, 0.25) is 0 Å². The van der Waals surface area contributed by atoms with Crippen LogP contribution in [0.1, 0.15) is 16.4 Å². The first-order valence-electron chi connectivity index (χ1n) is 2.11. The van der Waals surface area contributed by atoms with Crippen molar-refractivity contribution in [2.45, 2.75) is 0 Å². The van der Waals surface area contributed by atoms with Crippen LogP contribution in [-0.2, 0) is 0 Å². The Morgan fingerprint density at radius 3 is 2.12 bits per heavy atom. The molecule has 0 fully saturated rings. The van der Waals surface area contributed by atoms with E-state index in [-0.39, 0.29) is 17.4 Å². The Labute approximate surface area is 44.6 Å². The molecule has 0 aliphatic carbocycles. The predicted molar refractivity (Wildman–Crippen MR) is 23.3 cm³/mol. The van der Waals surface area contributed by atoms with E-state index >= 15 is 0 Å². The van der Waals surface area contributed by atoms with Crippen molar-refractivity contribution in [3.05, 3.63) is 18.0 Å². The molecule has 4 nitrogen and oxygen atoms in total. The van der Waals surface area contributed by atoms with Gasteiger partial charge < -0.3 is 0 Å². The van der Waals surface area contributed by atoms with Crippen molar-refractivity contribution in [1.82, 2.24) is 15.0 Å². The molecule has 1 aromatic rings. The lowest BCUT2D eigenvalue weighted by atomic mass is 10.2. The molecule has 4 heteroatoms. The molecule has 0 saturated carbocycles. The average molecular weight is 107 g/mol. The largest absolute Gasteiger partial charge is 0.281 e. The van der Waals surface area contributed by atoms with Gasteiger partial charge in [-0.15, -0.1) is 0 Å². The fraction of sp³-hybridized carbons (Fsp3) is 0. The Morgan fingerprint density at radius 1 is 1.25 bits per heavy atom. The van der Waals surface area contributed by atoms with Crippen LogP contribution in [0.15, 0.2) is 6.33 Å². The average Bonchev–Trinajstić information content (AvgIpc) is 1.89. The quantitative estimate of drug-likeness (QED) is 0.451. The van der Waals surface area contributed by atoms with E-state index < -0.39 is 0 Å². The molecular weight excluding hydrogens is 106 g/mol. The first-order chi connectivity index (χ1) is 3.88. The first-order valence-corrected chi connectivity index (χ1v) is 2.11. The van der Waals surface area contributed by atoms with Crippen LogP contribution in [0.4, 0.5) is 0 Å². The van der Waals surface area contributed by atoms with Crippen LogP contribution in [0.25, 0.3) is 0 Å². The normalized spacial score (nSPS) is 13.2. The van der Waals surface area contributed by atoms with E-state index in [1.165, 1.54) is 6.33 Å². The van der Waals surface area contributed by atoms with E-state index in [4.69, 9.17) is 0 Å². The smallest absolute Gasteiger partial charge is 0.267 e. The summed E-state index contributed by atoms with van der Waals surface area (Å²) in [5.41, 5.74) is 0. The maximum absolute atomic E-state index is 10.5. The Hall–Kier alpha value is -1.32. The van der Waals surface area contributed by atoms with Crippen LogP contribution in [-0.4, -0.2) is 20.7 Å². The second kappa shape index (κ2) is 0.912. The summed E-state index contributed by atoms with van der Waals surface area (Å²) in [7, 11) is 0. The molecule has 8 heavy (non-hydrogen) atoms. The van der Waals surface area contributed by atoms with Crippen LogP contribution in [0.5, 0.6) is 0 Å². The van der Waals surface area contributed by atoms with Crippen LogP contribution < -0.4 is 0 Å². The summed E-state index contributed by atoms with van der Waals surface area (Å²) in [6.07, 6.45) is 1.33. The molecule has 2 aliphatic rings. The molecule has 3 rings (SSSR count). The van der Waals surface area contributed by atoms with E-state index in [9.17, 15) is 4.79 Å². The topological polar surface area (TPSA) is 55.7 Å². The van der Waals surface area contributed by atoms with Gasteiger partial charge in [0.25, 0.3) is 5.78 Å². The van der Waals surface area contributed by atoms with Gasteiger partial charge in [-0.2, -0.15) is 0 Å². The van der Waals surface area contributed by atoms with Gasteiger partial charge in [0.1, 0.15) is 6.33 Å². The molecule has 2 bridgehead atoms. The van der Waals surface area contributed by atoms with Gasteiger partial charge in [0, 0.05) is 0 Å². The van der Waals surface area contributed by atoms with Gasteiger partial charge in [-0.1, -0.05) is 0 Å². The predicted octanol–water partition coefficient (Wildman–Crippen LogP) is -0.584. The summed E-state index contributed by atoms with van der Waals surface area (Å²) in [4.78, 5) is 21.2. The van der Waals surface area contributed by atoms with Crippen molar-refractivity contribution < 1.29 is 4.79 Å². The summed E-state index contributed by atoms with van der Waals surface area (Å²) >= 11 is 0. The molecule has 38 valence electrons. The fourth-order valence-corrected chi connectivity index (χ4v) is 0.562. The van der Waals surface area contributed by atoms with Crippen LogP contribution >= 0.6 is 0 Å². The summed E-state index contributed by atoms with van der Waals surface area (Å²) < 4.78 is 0. The standard InChI is InChI=1S/C4HN3O/c8-2-3-5-1-6-4(2)7-3/h1H. The molecule has 0 N–H and O–H groups in total. The van der Waals surface area contributed by atoms with E-state index in [2.05, 4.69) is 15.0 Å². The van der Waals surface area contributed by atoms with Crippen molar-refractivity contribution in [1.29, 1.82) is 0 Å². The van der Waals surface area contributed by atoms with Gasteiger partial charge in [-0.25, -0.2) is 15.0 Å². The number of hydrogen-bond acceptors (Lipinski definition) is 4. The highest BCUT2D eigenvalue weighted by Crippen LogP contribution is 2.06. The molecule has 1 aromatic heterocycles. The third-order valence-electron chi connectivity index (χ3n) is 0.978. The second-order valence-electron chi connectivity index (χ2n) is 1.46. The van der Waals surface area contributed by atoms with Gasteiger partial charge >= 0.3 is 0 Å². The number of hydrogen-bond donors (Lipinski definition) is 0. The van der Waals surface area contributed by atoms with Crippen molar-refractivity contribution >= 4 is 5.78 Å². The van der Waals surface area contributed by atoms with Crippen LogP contribution in [0, 0.1) is 0 Å². The minimum atomic E-state index is -0.132. The number of rotatable bonds is 0. The van der Waals surface area contributed by atoms with E-state index in [0.717, 1.165) is 0 Å². The highest BCUT2D eigenvalue weighted by Gasteiger charge is 2.25. The molecule has 3 heterocycles. The number of aromatic nitrogens is 3. The lowest BCUT2D eigenvalue weighted by Crippen LogP contribution is -2.22. The number of carbonyl (C=O) groups excluding carboxylic acids is 1. The van der Waals surface area contributed by atoms with Crippen molar-refractivity contribution in [3.8, 4) is 0 Å². The van der Waals surface area contributed by atoms with Gasteiger partial charge in [0.15, 0.2) is 0 Å². The van der Waals surface area contributed by atoms with Crippen molar-refractivity contribution in [2.75, 3.05) is 0 Å². The number of carbonyl (C=O) groups is 1. The van der Waals surface area contributed by atoms with Crippen molar-refractivity contribution in [2.24, 2.45) is 0 Å². The van der Waals surface area contributed by atoms with Gasteiger partial charge in [0.2, 0.25) is 11.6 Å². The summed E-state index contributed by atoms with van der Waals surface area (Å²) in [5, 5.41) is 0. The zero-order valence-electron chi connectivity index (χ0n) is 3.83. The minimum Gasteiger partial charge on any atom is -0.281 e. The third-order valence-corrected chi connectivity index (χ3v) is 0.978. The number of fused-ring (bicyclic) bond motifs is 2. The van der Waals surface area contributed by atoms with Crippen LogP contribution in [0.3, 0.4) is 0 Å². The summed E-state index contributed by atoms with van der Waals surface area (Å²) in [6.45, 7) is 0. The molecular formula is C4HN3O. The minimum absolute atomic E-state index is 0.132. The first kappa shape index (κ1) is 3.65. The molecule has 0 aromatic carbocycles. The molecule has 0 atom stereocenters. The Balaban J connectivity index is 2.81. The lowest BCUT2D eigenvalue weighted by molar-refractivity contribution is 0.0987. The summed E-state index contributed by atoms with van der Waals surface area (Å²) in [5.74, 6) is 0.442. The van der Waals surface area contributed by atoms with E-state index in [0.29, 0.717) is 0 Å². The van der Waals surface area contributed by atoms with E-state index in [1.807, 2.05) is 0 Å². The lowest BCUT2D eigenvalue weighted by Gasteiger charge is -2.05. The van der Waals surface area contributed by atoms with Gasteiger partial charge in [0.05, 0.1) is 0 Å². The Bertz CT molecular complexity index is 228. The molecule has 0 spiro atoms. The van der Waals surface area contributed by atoms with Gasteiger partial charge in [-0.3, -0.25) is 4.79 Å². The monoisotopic (exact) mass is 107 g/mol. The number of ketones is 1. The Kier molecular flexibility index (Phi) is 0.417. The maximum Gasteiger partial charge on any atom is 0.267 e. The highest BCUT2D eigenvalue weighted by molar-refractivity contribution is 6.08. The second-order valence-corrected chi connectivity index (χ2v) is 1.46. The third kappa shape index (κ3) is 0.228. The summed E-state index contributed by atoms with van der Waals surface area (Å²) in [6, 6.07) is 0. The van der Waals surface area contributed by atoms with Gasteiger partial charge in [-0.05, 0) is 0 Å². The SMILES string of the molecule is O=C1c2ncnc1n2. The Morgan fingerprint density at radius 2 is 1.88 bits per heavy atom. The maximum atomic E-state index is 10.5. The molecule has 2 aliphatic heterocycles. The zero-order valence-corrected chi connectivity index (χ0v) is 3.83. The zero-order chi connectivity index (χ0) is 5.56. The van der Waals surface area contributed by atoms with E-state index in [1.54, 1.807) is 0 Å². The molecule has 0 saturated heterocycles. The molecule has 0 radical (unpaired) electrons. The fourth-order valence-electron chi connectivity index (χ4n) is 0.562. The number of nitrogens with zero attached hydrogens (tertiary/aromatic N) is 3.